The molecule has 0 saturated heterocycles. The standard InChI is InChI=1S/C17H26N2O2/c1-14(8-11-20)12-18-16(21)19-13-17(9-5-10-17)15-6-3-2-4-7-15/h2-4,6-7,14,20H,5,8-13H2,1H3,(H2,18,19,21). The van der Waals surface area contributed by atoms with Crippen molar-refractivity contribution in [3.63, 3.8) is 0 Å². The van der Waals surface area contributed by atoms with E-state index in [1.165, 1.54) is 12.0 Å². The minimum Gasteiger partial charge on any atom is -0.396 e. The van der Waals surface area contributed by atoms with E-state index in [0.29, 0.717) is 25.4 Å². The Kier molecular flexibility index (Phi) is 5.62. The minimum atomic E-state index is -0.109. The van der Waals surface area contributed by atoms with Crippen LogP contribution in [-0.4, -0.2) is 30.8 Å². The molecule has 0 radical (unpaired) electrons. The van der Waals surface area contributed by atoms with E-state index in [1.54, 1.807) is 0 Å². The van der Waals surface area contributed by atoms with E-state index in [0.717, 1.165) is 12.8 Å². The molecule has 21 heavy (non-hydrogen) atoms. The number of rotatable bonds is 7. The van der Waals surface area contributed by atoms with Gasteiger partial charge in [-0.1, -0.05) is 43.7 Å². The second-order valence-corrected chi connectivity index (χ2v) is 6.18. The highest BCUT2D eigenvalue weighted by molar-refractivity contribution is 5.74. The van der Waals surface area contributed by atoms with Crippen molar-refractivity contribution in [2.24, 2.45) is 5.92 Å². The van der Waals surface area contributed by atoms with Crippen molar-refractivity contribution in [1.29, 1.82) is 0 Å². The summed E-state index contributed by atoms with van der Waals surface area (Å²) in [6, 6.07) is 10.3. The van der Waals surface area contributed by atoms with Gasteiger partial charge >= 0.3 is 6.03 Å². The van der Waals surface area contributed by atoms with Crippen LogP contribution in [0.2, 0.25) is 0 Å². The van der Waals surface area contributed by atoms with Crippen molar-refractivity contribution in [2.45, 2.75) is 38.0 Å². The third-order valence-electron chi connectivity index (χ3n) is 4.52. The van der Waals surface area contributed by atoms with Gasteiger partial charge in [0.1, 0.15) is 0 Å². The van der Waals surface area contributed by atoms with Crippen LogP contribution in [0.3, 0.4) is 0 Å². The van der Waals surface area contributed by atoms with Crippen molar-refractivity contribution in [3.8, 4) is 0 Å². The van der Waals surface area contributed by atoms with Crippen LogP contribution in [0.1, 0.15) is 38.2 Å². The van der Waals surface area contributed by atoms with Gasteiger partial charge in [-0.2, -0.15) is 0 Å². The van der Waals surface area contributed by atoms with Crippen LogP contribution in [0.4, 0.5) is 4.79 Å². The summed E-state index contributed by atoms with van der Waals surface area (Å²) >= 11 is 0. The predicted octanol–water partition coefficient (Wildman–Crippen LogP) is 2.43. The summed E-state index contributed by atoms with van der Waals surface area (Å²) in [6.07, 6.45) is 4.22. The molecule has 1 atom stereocenters. The zero-order valence-electron chi connectivity index (χ0n) is 12.8. The average molecular weight is 290 g/mol. The molecule has 2 amide bonds. The second kappa shape index (κ2) is 7.46. The highest BCUT2D eigenvalue weighted by atomic mass is 16.3. The first kappa shape index (κ1) is 15.8. The minimum absolute atomic E-state index is 0.109. The van der Waals surface area contributed by atoms with Gasteiger partial charge in [-0.3, -0.25) is 0 Å². The number of carbonyl (C=O) groups excluding carboxylic acids is 1. The Bertz CT molecular complexity index is 443. The van der Waals surface area contributed by atoms with Crippen molar-refractivity contribution in [2.75, 3.05) is 19.7 Å². The molecule has 116 valence electrons. The van der Waals surface area contributed by atoms with Crippen LogP contribution in [-0.2, 0) is 5.41 Å². The summed E-state index contributed by atoms with van der Waals surface area (Å²) in [5.41, 5.74) is 1.44. The van der Waals surface area contributed by atoms with Gasteiger partial charge in [-0.05, 0) is 30.7 Å². The number of carbonyl (C=O) groups is 1. The molecule has 0 bridgehead atoms. The highest BCUT2D eigenvalue weighted by Crippen LogP contribution is 2.43. The molecule has 4 nitrogen and oxygen atoms in total. The third-order valence-corrected chi connectivity index (χ3v) is 4.52. The number of benzene rings is 1. The van der Waals surface area contributed by atoms with Crippen LogP contribution in [0, 0.1) is 5.92 Å². The first-order chi connectivity index (χ1) is 10.2. The van der Waals surface area contributed by atoms with E-state index in [1.807, 2.05) is 13.0 Å². The molecule has 1 aliphatic rings. The number of nitrogens with one attached hydrogen (secondary N) is 2. The molecule has 1 aliphatic carbocycles. The normalized spacial score (nSPS) is 17.6. The Morgan fingerprint density at radius 2 is 2.00 bits per heavy atom. The Labute approximate surface area is 126 Å². The van der Waals surface area contributed by atoms with E-state index < -0.39 is 0 Å². The Morgan fingerprint density at radius 1 is 1.29 bits per heavy atom. The SMILES string of the molecule is CC(CCO)CNC(=O)NCC1(c2ccccc2)CCC1. The van der Waals surface area contributed by atoms with Gasteiger partial charge in [0.15, 0.2) is 0 Å². The monoisotopic (exact) mass is 290 g/mol. The lowest BCUT2D eigenvalue weighted by atomic mass is 9.64. The van der Waals surface area contributed by atoms with E-state index in [-0.39, 0.29) is 18.1 Å². The Morgan fingerprint density at radius 3 is 2.57 bits per heavy atom. The molecular weight excluding hydrogens is 264 g/mol. The molecule has 1 unspecified atom stereocenters. The lowest BCUT2D eigenvalue weighted by Gasteiger charge is -2.42. The largest absolute Gasteiger partial charge is 0.396 e. The lowest BCUT2D eigenvalue weighted by Crippen LogP contribution is -2.48. The lowest BCUT2D eigenvalue weighted by molar-refractivity contribution is 0.212. The summed E-state index contributed by atoms with van der Waals surface area (Å²) < 4.78 is 0. The molecule has 0 aliphatic heterocycles. The van der Waals surface area contributed by atoms with E-state index in [4.69, 9.17) is 5.11 Å². The van der Waals surface area contributed by atoms with Gasteiger partial charge in [-0.25, -0.2) is 4.79 Å². The molecule has 3 N–H and O–H groups in total. The van der Waals surface area contributed by atoms with Gasteiger partial charge in [0.25, 0.3) is 0 Å². The topological polar surface area (TPSA) is 61.4 Å². The summed E-state index contributed by atoms with van der Waals surface area (Å²) in [7, 11) is 0. The van der Waals surface area contributed by atoms with Crippen molar-refractivity contribution in [1.82, 2.24) is 10.6 Å². The summed E-state index contributed by atoms with van der Waals surface area (Å²) in [6.45, 7) is 3.48. The third kappa shape index (κ3) is 4.21. The second-order valence-electron chi connectivity index (χ2n) is 6.18. The Hall–Kier alpha value is -1.55. The molecular formula is C17H26N2O2. The van der Waals surface area contributed by atoms with Crippen molar-refractivity contribution in [3.05, 3.63) is 35.9 Å². The molecule has 2 rings (SSSR count). The average Bonchev–Trinajstić information content (AvgIpc) is 2.45. The molecule has 1 saturated carbocycles. The molecule has 0 aromatic heterocycles. The van der Waals surface area contributed by atoms with E-state index >= 15 is 0 Å². The van der Waals surface area contributed by atoms with E-state index in [2.05, 4.69) is 34.9 Å². The van der Waals surface area contributed by atoms with E-state index in [9.17, 15) is 4.79 Å². The van der Waals surface area contributed by atoms with Crippen LogP contribution in [0.15, 0.2) is 30.3 Å². The molecule has 0 spiro atoms. The van der Waals surface area contributed by atoms with Gasteiger partial charge in [0.05, 0.1) is 0 Å². The molecule has 0 heterocycles. The maximum atomic E-state index is 11.9. The maximum absolute atomic E-state index is 11.9. The molecule has 1 aromatic carbocycles. The van der Waals surface area contributed by atoms with Crippen LogP contribution >= 0.6 is 0 Å². The van der Waals surface area contributed by atoms with Gasteiger partial charge in [-0.15, -0.1) is 0 Å². The van der Waals surface area contributed by atoms with Crippen LogP contribution < -0.4 is 10.6 Å². The van der Waals surface area contributed by atoms with Crippen LogP contribution in [0.25, 0.3) is 0 Å². The fourth-order valence-corrected chi connectivity index (χ4v) is 2.86. The maximum Gasteiger partial charge on any atom is 0.314 e. The van der Waals surface area contributed by atoms with Crippen molar-refractivity contribution < 1.29 is 9.90 Å². The molecule has 1 aromatic rings. The summed E-state index contributed by atoms with van der Waals surface area (Å²) in [4.78, 5) is 11.9. The predicted molar refractivity (Wildman–Crippen MR) is 84.2 cm³/mol. The van der Waals surface area contributed by atoms with Gasteiger partial charge in [0.2, 0.25) is 0 Å². The van der Waals surface area contributed by atoms with Crippen LogP contribution in [0.5, 0.6) is 0 Å². The van der Waals surface area contributed by atoms with Gasteiger partial charge in [0, 0.05) is 25.1 Å². The molecule has 1 fully saturated rings. The fraction of sp³-hybridized carbons (Fsp3) is 0.588. The number of aliphatic hydroxyl groups excluding tert-OH is 1. The number of aliphatic hydroxyl groups is 1. The fourth-order valence-electron chi connectivity index (χ4n) is 2.86. The number of urea groups is 1. The quantitative estimate of drug-likeness (QED) is 0.722. The first-order valence-corrected chi connectivity index (χ1v) is 7.84. The molecule has 4 heteroatoms. The zero-order chi connectivity index (χ0) is 15.1. The number of hydrogen-bond acceptors (Lipinski definition) is 2. The highest BCUT2D eigenvalue weighted by Gasteiger charge is 2.38. The summed E-state index contributed by atoms with van der Waals surface area (Å²) in [5.74, 6) is 0.299. The first-order valence-electron chi connectivity index (χ1n) is 7.84. The summed E-state index contributed by atoms with van der Waals surface area (Å²) in [5, 5.41) is 14.7. The number of amides is 2. The Balaban J connectivity index is 1.80. The van der Waals surface area contributed by atoms with Gasteiger partial charge < -0.3 is 15.7 Å². The van der Waals surface area contributed by atoms with Crippen molar-refractivity contribution >= 4 is 6.03 Å². The zero-order valence-corrected chi connectivity index (χ0v) is 12.8. The smallest absolute Gasteiger partial charge is 0.314 e. The number of hydrogen-bond donors (Lipinski definition) is 3.